The van der Waals surface area contributed by atoms with Crippen molar-refractivity contribution in [2.75, 3.05) is 13.1 Å². The molecule has 1 aromatic rings. The fourth-order valence-electron chi connectivity index (χ4n) is 1.13. The third-order valence-electron chi connectivity index (χ3n) is 1.93. The molecule has 1 saturated heterocycles. The summed E-state index contributed by atoms with van der Waals surface area (Å²) >= 11 is 5.41. The minimum absolute atomic E-state index is 0.143. The van der Waals surface area contributed by atoms with Gasteiger partial charge in [-0.2, -0.15) is 0 Å². The molecule has 1 aliphatic heterocycles. The molecule has 0 atom stereocenters. The van der Waals surface area contributed by atoms with Gasteiger partial charge in [0.2, 0.25) is 0 Å². The number of rotatable bonds is 1. The van der Waals surface area contributed by atoms with Gasteiger partial charge in [-0.3, -0.25) is 0 Å². The third kappa shape index (κ3) is 4.76. The monoisotopic (exact) mass is 228 g/mol. The number of carboxylic acids is 1. The van der Waals surface area contributed by atoms with Crippen LogP contribution in [-0.4, -0.2) is 29.1 Å². The Morgan fingerprint density at radius 2 is 2.07 bits per heavy atom. The molecular weight excluding hydrogens is 216 g/mol. The lowest BCUT2D eigenvalue weighted by Gasteiger charge is -1.90. The molecule has 2 N–H and O–H groups in total. The molecule has 1 aliphatic rings. The van der Waals surface area contributed by atoms with Crippen LogP contribution in [0.25, 0.3) is 0 Å². The van der Waals surface area contributed by atoms with Gasteiger partial charge in [-0.05, 0) is 38.1 Å². The van der Waals surface area contributed by atoms with Crippen molar-refractivity contribution in [1.82, 2.24) is 10.3 Å². The van der Waals surface area contributed by atoms with Crippen LogP contribution in [0.5, 0.6) is 0 Å². The van der Waals surface area contributed by atoms with Crippen LogP contribution < -0.4 is 5.32 Å². The van der Waals surface area contributed by atoms with Crippen molar-refractivity contribution in [1.29, 1.82) is 0 Å². The zero-order valence-corrected chi connectivity index (χ0v) is 9.00. The Morgan fingerprint density at radius 1 is 1.40 bits per heavy atom. The molecule has 82 valence electrons. The van der Waals surface area contributed by atoms with Gasteiger partial charge in [-0.1, -0.05) is 11.6 Å². The number of hydrogen-bond acceptors (Lipinski definition) is 3. The van der Waals surface area contributed by atoms with E-state index < -0.39 is 5.97 Å². The lowest BCUT2D eigenvalue weighted by molar-refractivity contribution is 0.0696. The van der Waals surface area contributed by atoms with Crippen LogP contribution in [0.1, 0.15) is 23.2 Å². The zero-order chi connectivity index (χ0) is 11.1. The number of nitrogens with one attached hydrogen (secondary N) is 1. The number of carboxylic acid groups (broad SMARTS) is 1. The molecule has 15 heavy (non-hydrogen) atoms. The van der Waals surface area contributed by atoms with Crippen molar-refractivity contribution in [2.24, 2.45) is 0 Å². The molecule has 5 heteroatoms. The average Bonchev–Trinajstić information content (AvgIpc) is 2.76. The Kier molecular flexibility index (Phi) is 5.07. The van der Waals surface area contributed by atoms with Gasteiger partial charge < -0.3 is 10.4 Å². The first-order valence-electron chi connectivity index (χ1n) is 4.75. The summed E-state index contributed by atoms with van der Waals surface area (Å²) in [5, 5.41) is 11.9. The molecule has 0 aromatic carbocycles. The molecule has 4 nitrogen and oxygen atoms in total. The summed E-state index contributed by atoms with van der Waals surface area (Å²) in [7, 11) is 0. The highest BCUT2D eigenvalue weighted by Crippen LogP contribution is 2.04. The maximum atomic E-state index is 10.2. The van der Waals surface area contributed by atoms with E-state index in [2.05, 4.69) is 10.3 Å². The Labute approximate surface area is 93.3 Å². The first-order chi connectivity index (χ1) is 7.20. The maximum Gasteiger partial charge on any atom is 0.337 e. The van der Waals surface area contributed by atoms with E-state index in [0.29, 0.717) is 5.15 Å². The van der Waals surface area contributed by atoms with E-state index >= 15 is 0 Å². The van der Waals surface area contributed by atoms with Crippen molar-refractivity contribution in [2.45, 2.75) is 12.8 Å². The van der Waals surface area contributed by atoms with Crippen LogP contribution in [0, 0.1) is 0 Å². The highest BCUT2D eigenvalue weighted by molar-refractivity contribution is 6.29. The molecule has 2 heterocycles. The highest BCUT2D eigenvalue weighted by Gasteiger charge is 2.00. The molecule has 0 aliphatic carbocycles. The van der Waals surface area contributed by atoms with Crippen molar-refractivity contribution < 1.29 is 9.90 Å². The van der Waals surface area contributed by atoms with Crippen LogP contribution in [0.2, 0.25) is 5.15 Å². The van der Waals surface area contributed by atoms with E-state index in [0.717, 1.165) is 0 Å². The van der Waals surface area contributed by atoms with Gasteiger partial charge >= 0.3 is 5.97 Å². The van der Waals surface area contributed by atoms with E-state index in [1.807, 2.05) is 0 Å². The SMILES string of the molecule is C1CCNC1.O=C(O)c1ccc(Cl)nc1. The highest BCUT2D eigenvalue weighted by atomic mass is 35.5. The first-order valence-corrected chi connectivity index (χ1v) is 5.13. The summed E-state index contributed by atoms with van der Waals surface area (Å²) in [5.41, 5.74) is 0.143. The Morgan fingerprint density at radius 3 is 2.40 bits per heavy atom. The smallest absolute Gasteiger partial charge is 0.337 e. The number of nitrogens with zero attached hydrogens (tertiary/aromatic N) is 1. The summed E-state index contributed by atoms with van der Waals surface area (Å²) in [6.07, 6.45) is 3.99. The topological polar surface area (TPSA) is 62.2 Å². The Hall–Kier alpha value is -1.13. The van der Waals surface area contributed by atoms with Crippen molar-refractivity contribution in [3.05, 3.63) is 29.0 Å². The van der Waals surface area contributed by atoms with Gasteiger partial charge in [0, 0.05) is 6.20 Å². The molecule has 0 radical (unpaired) electrons. The Balaban J connectivity index is 0.000000187. The van der Waals surface area contributed by atoms with Crippen molar-refractivity contribution in [3.8, 4) is 0 Å². The van der Waals surface area contributed by atoms with Crippen molar-refractivity contribution in [3.63, 3.8) is 0 Å². The summed E-state index contributed by atoms with van der Waals surface area (Å²) < 4.78 is 0. The summed E-state index contributed by atoms with van der Waals surface area (Å²) in [4.78, 5) is 13.8. The van der Waals surface area contributed by atoms with Gasteiger partial charge in [0.15, 0.2) is 0 Å². The lowest BCUT2D eigenvalue weighted by Crippen LogP contribution is -2.03. The summed E-state index contributed by atoms with van der Waals surface area (Å²) in [6, 6.07) is 2.84. The third-order valence-corrected chi connectivity index (χ3v) is 2.16. The number of halogens is 1. The normalized spacial score (nSPS) is 14.2. The minimum atomic E-state index is -0.996. The standard InChI is InChI=1S/C6H4ClNO2.C4H9N/c7-5-2-1-4(3-8-5)6(9)10;1-2-4-5-3-1/h1-3H,(H,9,10);5H,1-4H2. The molecule has 1 aromatic heterocycles. The van der Waals surface area contributed by atoms with Crippen LogP contribution in [0.3, 0.4) is 0 Å². The Bertz CT molecular complexity index is 302. The molecule has 0 bridgehead atoms. The molecule has 1 fully saturated rings. The fraction of sp³-hybridized carbons (Fsp3) is 0.400. The second-order valence-electron chi connectivity index (χ2n) is 3.13. The first kappa shape index (κ1) is 11.9. The summed E-state index contributed by atoms with van der Waals surface area (Å²) in [6.45, 7) is 2.50. The van der Waals surface area contributed by atoms with E-state index in [-0.39, 0.29) is 5.56 Å². The van der Waals surface area contributed by atoms with Crippen molar-refractivity contribution >= 4 is 17.6 Å². The van der Waals surface area contributed by atoms with Crippen LogP contribution in [0.15, 0.2) is 18.3 Å². The van der Waals surface area contributed by atoms with Crippen LogP contribution in [-0.2, 0) is 0 Å². The van der Waals surface area contributed by atoms with E-state index in [1.54, 1.807) is 0 Å². The molecule has 0 amide bonds. The lowest BCUT2D eigenvalue weighted by atomic mass is 10.3. The quantitative estimate of drug-likeness (QED) is 0.720. The number of pyridine rings is 1. The molecule has 0 unspecified atom stereocenters. The van der Waals surface area contributed by atoms with Gasteiger partial charge in [0.1, 0.15) is 5.15 Å². The zero-order valence-electron chi connectivity index (χ0n) is 8.24. The van der Waals surface area contributed by atoms with Crippen LogP contribution >= 0.6 is 11.6 Å². The number of hydrogen-bond donors (Lipinski definition) is 2. The predicted octanol–water partition coefficient (Wildman–Crippen LogP) is 1.80. The molecule has 0 saturated carbocycles. The van der Waals surface area contributed by atoms with Gasteiger partial charge in [0.25, 0.3) is 0 Å². The minimum Gasteiger partial charge on any atom is -0.478 e. The average molecular weight is 229 g/mol. The van der Waals surface area contributed by atoms with Gasteiger partial charge in [-0.15, -0.1) is 0 Å². The maximum absolute atomic E-state index is 10.2. The second-order valence-corrected chi connectivity index (χ2v) is 3.52. The second kappa shape index (κ2) is 6.37. The van der Waals surface area contributed by atoms with E-state index in [9.17, 15) is 4.79 Å². The number of aromatic nitrogens is 1. The number of carbonyl (C=O) groups is 1. The summed E-state index contributed by atoms with van der Waals surface area (Å²) in [5.74, 6) is -0.996. The largest absolute Gasteiger partial charge is 0.478 e. The number of aromatic carboxylic acids is 1. The fourth-order valence-corrected chi connectivity index (χ4v) is 1.24. The van der Waals surface area contributed by atoms with E-state index in [4.69, 9.17) is 16.7 Å². The van der Waals surface area contributed by atoms with Gasteiger partial charge in [-0.25, -0.2) is 9.78 Å². The van der Waals surface area contributed by atoms with Crippen LogP contribution in [0.4, 0.5) is 0 Å². The predicted molar refractivity (Wildman–Crippen MR) is 58.3 cm³/mol. The van der Waals surface area contributed by atoms with E-state index in [1.165, 1.54) is 44.3 Å². The molecule has 0 spiro atoms. The molecule has 2 rings (SSSR count). The van der Waals surface area contributed by atoms with Gasteiger partial charge in [0.05, 0.1) is 5.56 Å². The molecular formula is C10H13ClN2O2.